The van der Waals surface area contributed by atoms with Crippen molar-refractivity contribution in [2.24, 2.45) is 0 Å². The molecule has 1 atom stereocenters. The van der Waals surface area contributed by atoms with Crippen LogP contribution in [0.1, 0.15) is 16.8 Å². The summed E-state index contributed by atoms with van der Waals surface area (Å²) in [5.74, 6) is 0.701. The van der Waals surface area contributed by atoms with E-state index in [-0.39, 0.29) is 11.9 Å². The monoisotopic (exact) mass is 374 g/mol. The van der Waals surface area contributed by atoms with E-state index in [0.717, 1.165) is 30.1 Å². The van der Waals surface area contributed by atoms with Gasteiger partial charge in [0.2, 0.25) is 5.65 Å². The first kappa shape index (κ1) is 16.4. The van der Waals surface area contributed by atoms with Crippen LogP contribution in [0.15, 0.2) is 61.4 Å². The summed E-state index contributed by atoms with van der Waals surface area (Å²) in [5, 5.41) is 15.4. The molecule has 28 heavy (non-hydrogen) atoms. The van der Waals surface area contributed by atoms with Crippen molar-refractivity contribution in [1.29, 1.82) is 0 Å². The first-order valence-electron chi connectivity index (χ1n) is 9.08. The number of carbonyl (C=O) groups excluding carboxylic acids is 1. The largest absolute Gasteiger partial charge is 0.351 e. The third-order valence-electron chi connectivity index (χ3n) is 4.90. The Balaban J connectivity index is 1.29. The van der Waals surface area contributed by atoms with Gasteiger partial charge in [0.25, 0.3) is 5.91 Å². The number of benzene rings is 1. The van der Waals surface area contributed by atoms with E-state index in [1.54, 1.807) is 23.4 Å². The van der Waals surface area contributed by atoms with Crippen LogP contribution in [0, 0.1) is 0 Å². The summed E-state index contributed by atoms with van der Waals surface area (Å²) in [4.78, 5) is 19.3. The normalized spacial score (nSPS) is 16.6. The molecule has 0 spiro atoms. The third kappa shape index (κ3) is 2.96. The summed E-state index contributed by atoms with van der Waals surface area (Å²) in [5.41, 5.74) is 2.19. The molecule has 5 rings (SSSR count). The van der Waals surface area contributed by atoms with E-state index in [9.17, 15) is 4.79 Å². The first-order valence-corrected chi connectivity index (χ1v) is 9.08. The number of aromatic nitrogens is 6. The van der Waals surface area contributed by atoms with E-state index >= 15 is 0 Å². The minimum absolute atomic E-state index is 0.0471. The highest BCUT2D eigenvalue weighted by Crippen LogP contribution is 2.21. The van der Waals surface area contributed by atoms with Gasteiger partial charge >= 0.3 is 0 Å². The number of anilines is 1. The fraction of sp³-hybridized carbons (Fsp3) is 0.211. The lowest BCUT2D eigenvalue weighted by molar-refractivity contribution is 0.0940. The number of nitrogens with zero attached hydrogens (tertiary/aromatic N) is 7. The maximum absolute atomic E-state index is 12.7. The molecule has 0 unspecified atom stereocenters. The number of amides is 1. The topological polar surface area (TPSA) is 93.2 Å². The molecule has 1 aliphatic rings. The molecule has 3 aromatic heterocycles. The molecule has 1 saturated heterocycles. The van der Waals surface area contributed by atoms with Crippen LogP contribution in [0.3, 0.4) is 0 Å². The van der Waals surface area contributed by atoms with Crippen LogP contribution in [0.5, 0.6) is 0 Å². The Morgan fingerprint density at radius 1 is 1.18 bits per heavy atom. The average molecular weight is 374 g/mol. The van der Waals surface area contributed by atoms with E-state index in [4.69, 9.17) is 0 Å². The highest BCUT2D eigenvalue weighted by Gasteiger charge is 2.27. The highest BCUT2D eigenvalue weighted by molar-refractivity contribution is 5.95. The maximum Gasteiger partial charge on any atom is 0.251 e. The molecule has 0 saturated carbocycles. The Labute approximate surface area is 160 Å². The molecule has 140 valence electrons. The van der Waals surface area contributed by atoms with Gasteiger partial charge in [-0.25, -0.2) is 9.67 Å². The fourth-order valence-electron chi connectivity index (χ4n) is 3.52. The summed E-state index contributed by atoms with van der Waals surface area (Å²) >= 11 is 0. The lowest BCUT2D eigenvalue weighted by atomic mass is 10.1. The zero-order valence-corrected chi connectivity index (χ0v) is 15.0. The molecular formula is C19H18N8O. The quantitative estimate of drug-likeness (QED) is 0.579. The van der Waals surface area contributed by atoms with Crippen LogP contribution in [0.25, 0.3) is 11.3 Å². The summed E-state index contributed by atoms with van der Waals surface area (Å²) in [6.45, 7) is 1.49. The van der Waals surface area contributed by atoms with Gasteiger partial charge < -0.3 is 10.2 Å². The molecule has 1 aliphatic heterocycles. The van der Waals surface area contributed by atoms with Gasteiger partial charge in [-0.05, 0) is 30.7 Å². The predicted molar refractivity (Wildman–Crippen MR) is 102 cm³/mol. The molecule has 1 aromatic carbocycles. The Morgan fingerprint density at radius 2 is 2.14 bits per heavy atom. The molecule has 9 heteroatoms. The number of hydrogen-bond donors (Lipinski definition) is 1. The van der Waals surface area contributed by atoms with E-state index in [1.807, 2.05) is 47.1 Å². The number of rotatable bonds is 4. The minimum atomic E-state index is -0.0884. The standard InChI is InChI=1S/C19H18N8O/c28-19(14-3-1-4-16(11-14)27-8-2-6-22-27)23-15-5-9-25(12-15)17-18-24-21-13-26(18)10-7-20-17/h1-4,6-8,10-11,13,15H,5,9,12H2,(H,23,28)/t15-/m1/s1. The van der Waals surface area contributed by atoms with E-state index in [1.165, 1.54) is 0 Å². The second-order valence-electron chi connectivity index (χ2n) is 6.72. The molecule has 0 aliphatic carbocycles. The predicted octanol–water partition coefficient (Wildman–Crippen LogP) is 1.32. The van der Waals surface area contributed by atoms with Gasteiger partial charge in [-0.1, -0.05) is 6.07 Å². The van der Waals surface area contributed by atoms with Crippen LogP contribution in [-0.4, -0.2) is 54.4 Å². The maximum atomic E-state index is 12.7. The Kier molecular flexibility index (Phi) is 3.97. The Morgan fingerprint density at radius 3 is 3.04 bits per heavy atom. The average Bonchev–Trinajstić information content (AvgIpc) is 3.48. The van der Waals surface area contributed by atoms with Crippen molar-refractivity contribution in [2.45, 2.75) is 12.5 Å². The number of hydrogen-bond acceptors (Lipinski definition) is 6. The molecule has 9 nitrogen and oxygen atoms in total. The molecule has 4 aromatic rings. The Bertz CT molecular complexity index is 1120. The second-order valence-corrected chi connectivity index (χ2v) is 6.72. The van der Waals surface area contributed by atoms with Crippen molar-refractivity contribution >= 4 is 17.4 Å². The van der Waals surface area contributed by atoms with Crippen LogP contribution in [0.4, 0.5) is 5.82 Å². The zero-order chi connectivity index (χ0) is 18.9. The van der Waals surface area contributed by atoms with Crippen molar-refractivity contribution in [1.82, 2.24) is 34.7 Å². The van der Waals surface area contributed by atoms with Crippen molar-refractivity contribution in [3.63, 3.8) is 0 Å². The van der Waals surface area contributed by atoms with Gasteiger partial charge in [-0.3, -0.25) is 9.20 Å². The van der Waals surface area contributed by atoms with Crippen molar-refractivity contribution < 1.29 is 4.79 Å². The van der Waals surface area contributed by atoms with Crippen LogP contribution in [-0.2, 0) is 0 Å². The fourth-order valence-corrected chi connectivity index (χ4v) is 3.52. The van der Waals surface area contributed by atoms with E-state index < -0.39 is 0 Å². The molecule has 0 bridgehead atoms. The molecule has 0 radical (unpaired) electrons. The molecule has 4 heterocycles. The molecule has 1 N–H and O–H groups in total. The van der Waals surface area contributed by atoms with Crippen molar-refractivity contribution in [3.05, 3.63) is 67.0 Å². The second kappa shape index (κ2) is 6.76. The smallest absolute Gasteiger partial charge is 0.251 e. The number of fused-ring (bicyclic) bond motifs is 1. The van der Waals surface area contributed by atoms with E-state index in [2.05, 4.69) is 30.5 Å². The van der Waals surface area contributed by atoms with Crippen LogP contribution < -0.4 is 10.2 Å². The van der Waals surface area contributed by atoms with Gasteiger partial charge in [0, 0.05) is 49.5 Å². The summed E-state index contributed by atoms with van der Waals surface area (Å²) < 4.78 is 3.58. The highest BCUT2D eigenvalue weighted by atomic mass is 16.1. The van der Waals surface area contributed by atoms with Crippen molar-refractivity contribution in [3.8, 4) is 5.69 Å². The van der Waals surface area contributed by atoms with Crippen molar-refractivity contribution in [2.75, 3.05) is 18.0 Å². The number of carbonyl (C=O) groups is 1. The number of nitrogens with one attached hydrogen (secondary N) is 1. The Hall–Kier alpha value is -3.75. The van der Waals surface area contributed by atoms with E-state index in [0.29, 0.717) is 12.1 Å². The SMILES string of the molecule is O=C(N[C@@H]1CCN(c2nccn3cnnc23)C1)c1cccc(-n2cccn2)c1. The van der Waals surface area contributed by atoms with Gasteiger partial charge in [-0.2, -0.15) is 5.10 Å². The third-order valence-corrected chi connectivity index (χ3v) is 4.90. The summed E-state index contributed by atoms with van der Waals surface area (Å²) in [7, 11) is 0. The zero-order valence-electron chi connectivity index (χ0n) is 15.0. The van der Waals surface area contributed by atoms with Gasteiger partial charge in [0.05, 0.1) is 5.69 Å². The summed E-state index contributed by atoms with van der Waals surface area (Å²) in [6.07, 6.45) is 9.62. The lowest BCUT2D eigenvalue weighted by Crippen LogP contribution is -2.37. The van der Waals surface area contributed by atoms with Gasteiger partial charge in [0.15, 0.2) is 5.82 Å². The summed E-state index contributed by atoms with van der Waals surface area (Å²) in [6, 6.07) is 9.34. The lowest BCUT2D eigenvalue weighted by Gasteiger charge is -2.18. The van der Waals surface area contributed by atoms with Crippen LogP contribution in [0.2, 0.25) is 0 Å². The molecular weight excluding hydrogens is 356 g/mol. The molecule has 1 amide bonds. The van der Waals surface area contributed by atoms with Gasteiger partial charge in [-0.15, -0.1) is 10.2 Å². The minimum Gasteiger partial charge on any atom is -0.351 e. The first-order chi connectivity index (χ1) is 13.8. The molecule has 1 fully saturated rings. The van der Waals surface area contributed by atoms with Crippen LogP contribution >= 0.6 is 0 Å². The van der Waals surface area contributed by atoms with Gasteiger partial charge in [0.1, 0.15) is 6.33 Å².